The Labute approximate surface area is 212 Å². The van der Waals surface area contributed by atoms with Crippen LogP contribution in [-0.2, 0) is 10.0 Å². The van der Waals surface area contributed by atoms with Crippen LogP contribution in [0.2, 0.25) is 0 Å². The molecule has 1 aliphatic carbocycles. The van der Waals surface area contributed by atoms with Gasteiger partial charge in [-0.15, -0.1) is 0 Å². The molecular formula is C27H34FN5O2S. The number of benzene rings is 1. The third-order valence-corrected chi connectivity index (χ3v) is 9.55. The maximum Gasteiger partial charge on any atom is 0.216 e. The van der Waals surface area contributed by atoms with E-state index >= 15 is 4.39 Å². The molecule has 36 heavy (non-hydrogen) atoms. The molecule has 1 aliphatic heterocycles. The van der Waals surface area contributed by atoms with E-state index in [4.69, 9.17) is 10.2 Å². The first-order valence-electron chi connectivity index (χ1n) is 12.8. The van der Waals surface area contributed by atoms with Crippen LogP contribution in [0.4, 0.5) is 4.39 Å². The maximum atomic E-state index is 15.9. The highest BCUT2D eigenvalue weighted by Gasteiger charge is 2.37. The molecule has 1 saturated carbocycles. The zero-order valence-corrected chi connectivity index (χ0v) is 21.5. The average Bonchev–Trinajstić information content (AvgIpc) is 3.31. The predicted molar refractivity (Wildman–Crippen MR) is 139 cm³/mol. The van der Waals surface area contributed by atoms with Gasteiger partial charge < -0.3 is 5.32 Å². The van der Waals surface area contributed by atoms with Crippen molar-refractivity contribution < 1.29 is 12.8 Å². The molecule has 192 valence electrons. The average molecular weight is 512 g/mol. The van der Waals surface area contributed by atoms with E-state index in [9.17, 15) is 8.42 Å². The lowest BCUT2D eigenvalue weighted by molar-refractivity contribution is 0.104. The number of pyridine rings is 1. The molecule has 2 aliphatic rings. The van der Waals surface area contributed by atoms with Gasteiger partial charge in [0.2, 0.25) is 10.0 Å². The third kappa shape index (κ3) is 4.84. The normalized spacial score (nSPS) is 19.4. The number of nitrogens with zero attached hydrogens (tertiary/aromatic N) is 3. The molecule has 1 spiro atoms. The van der Waals surface area contributed by atoms with Gasteiger partial charge in [0, 0.05) is 40.8 Å². The van der Waals surface area contributed by atoms with E-state index in [2.05, 4.69) is 10.3 Å². The highest BCUT2D eigenvalue weighted by Crippen LogP contribution is 2.47. The van der Waals surface area contributed by atoms with E-state index in [1.165, 1.54) is 31.7 Å². The van der Waals surface area contributed by atoms with Crippen LogP contribution in [0.5, 0.6) is 0 Å². The highest BCUT2D eigenvalue weighted by molar-refractivity contribution is 7.89. The molecule has 2 fully saturated rings. The minimum Gasteiger partial charge on any atom is -0.317 e. The van der Waals surface area contributed by atoms with Crippen molar-refractivity contribution in [3.63, 3.8) is 0 Å². The number of piperidine rings is 1. The molecule has 9 heteroatoms. The SMILES string of the molecule is CCC(c1cccc(-c2cn(C3CCC4(CCNCC4)CC3)nc2-c2ccncc2)c1F)S(N)(=O)=O. The summed E-state index contributed by atoms with van der Waals surface area (Å²) in [4.78, 5) is 4.12. The molecule has 1 unspecified atom stereocenters. The van der Waals surface area contributed by atoms with Crippen LogP contribution < -0.4 is 10.5 Å². The molecule has 1 aromatic carbocycles. The number of rotatable bonds is 6. The Morgan fingerprint density at radius 1 is 1.11 bits per heavy atom. The number of aromatic nitrogens is 3. The maximum absolute atomic E-state index is 15.9. The summed E-state index contributed by atoms with van der Waals surface area (Å²) in [5, 5.41) is 12.8. The van der Waals surface area contributed by atoms with Crippen LogP contribution in [0.3, 0.4) is 0 Å². The Balaban J connectivity index is 1.54. The summed E-state index contributed by atoms with van der Waals surface area (Å²) in [5.74, 6) is -0.564. The van der Waals surface area contributed by atoms with Gasteiger partial charge in [-0.05, 0) is 75.6 Å². The summed E-state index contributed by atoms with van der Waals surface area (Å²) in [5.41, 5.74) is 3.02. The molecular weight excluding hydrogens is 477 g/mol. The number of halogens is 1. The van der Waals surface area contributed by atoms with E-state index in [1.54, 1.807) is 31.5 Å². The fraction of sp³-hybridized carbons (Fsp3) is 0.481. The lowest BCUT2D eigenvalue weighted by Crippen LogP contribution is -2.39. The van der Waals surface area contributed by atoms with E-state index in [0.717, 1.165) is 31.5 Å². The fourth-order valence-electron chi connectivity index (χ4n) is 6.07. The minimum absolute atomic E-state index is 0.0939. The Bertz CT molecular complexity index is 1310. The zero-order valence-electron chi connectivity index (χ0n) is 20.7. The summed E-state index contributed by atoms with van der Waals surface area (Å²) in [6.07, 6.45) is 12.4. The predicted octanol–water partition coefficient (Wildman–Crippen LogP) is 4.98. The van der Waals surface area contributed by atoms with E-state index in [1.807, 2.05) is 23.0 Å². The number of hydrogen-bond acceptors (Lipinski definition) is 5. The van der Waals surface area contributed by atoms with Gasteiger partial charge in [0.1, 0.15) is 16.8 Å². The van der Waals surface area contributed by atoms with E-state index < -0.39 is 21.1 Å². The second-order valence-electron chi connectivity index (χ2n) is 10.3. The molecule has 0 amide bonds. The number of hydrogen-bond donors (Lipinski definition) is 2. The Hall–Kier alpha value is -2.62. The molecule has 2 aromatic heterocycles. The van der Waals surface area contributed by atoms with Gasteiger partial charge in [0.05, 0.1) is 6.04 Å². The Morgan fingerprint density at radius 2 is 1.81 bits per heavy atom. The van der Waals surface area contributed by atoms with Crippen LogP contribution in [0.1, 0.15) is 68.7 Å². The molecule has 1 atom stereocenters. The number of nitrogens with two attached hydrogens (primary N) is 1. The third-order valence-electron chi connectivity index (χ3n) is 8.17. The van der Waals surface area contributed by atoms with Crippen LogP contribution in [0.15, 0.2) is 48.9 Å². The zero-order chi connectivity index (χ0) is 25.3. The van der Waals surface area contributed by atoms with Gasteiger partial charge in [-0.25, -0.2) is 17.9 Å². The van der Waals surface area contributed by atoms with Crippen LogP contribution in [0.25, 0.3) is 22.4 Å². The molecule has 0 bridgehead atoms. The van der Waals surface area contributed by atoms with Crippen molar-refractivity contribution in [3.05, 3.63) is 60.3 Å². The molecule has 0 radical (unpaired) electrons. The van der Waals surface area contributed by atoms with Crippen molar-refractivity contribution in [2.24, 2.45) is 10.6 Å². The molecule has 3 aromatic rings. The standard InChI is InChI=1S/C27H34FN5O2S/c1-2-24(36(29,34)35)22-5-3-4-21(25(22)28)23-18-33(32-26(23)19-8-14-30-15-9-19)20-6-10-27(11-7-20)12-16-31-17-13-27/h3-5,8-9,14-15,18,20,24,31H,2,6-7,10-13,16-17H2,1H3,(H2,29,34,35). The van der Waals surface area contributed by atoms with E-state index in [-0.39, 0.29) is 18.0 Å². The molecule has 7 nitrogen and oxygen atoms in total. The van der Waals surface area contributed by atoms with Gasteiger partial charge in [0.15, 0.2) is 0 Å². The first-order valence-corrected chi connectivity index (χ1v) is 14.4. The van der Waals surface area contributed by atoms with Crippen molar-refractivity contribution >= 4 is 10.0 Å². The quantitative estimate of drug-likeness (QED) is 0.486. The van der Waals surface area contributed by atoms with Crippen molar-refractivity contribution in [2.45, 2.75) is 63.2 Å². The van der Waals surface area contributed by atoms with Gasteiger partial charge in [-0.1, -0.05) is 25.1 Å². The second-order valence-corrected chi connectivity index (χ2v) is 12.0. The summed E-state index contributed by atoms with van der Waals surface area (Å²) in [7, 11) is -3.95. The smallest absolute Gasteiger partial charge is 0.216 e. The first-order chi connectivity index (χ1) is 17.3. The van der Waals surface area contributed by atoms with Gasteiger partial charge in [-0.2, -0.15) is 5.10 Å². The number of nitrogens with one attached hydrogen (secondary N) is 1. The fourth-order valence-corrected chi connectivity index (χ4v) is 7.07. The lowest BCUT2D eigenvalue weighted by atomic mass is 9.67. The Morgan fingerprint density at radius 3 is 2.44 bits per heavy atom. The van der Waals surface area contributed by atoms with Crippen molar-refractivity contribution in [2.75, 3.05) is 13.1 Å². The van der Waals surface area contributed by atoms with Gasteiger partial charge >= 0.3 is 0 Å². The summed E-state index contributed by atoms with van der Waals surface area (Å²) >= 11 is 0. The molecule has 3 heterocycles. The number of primary sulfonamides is 1. The molecule has 3 N–H and O–H groups in total. The summed E-state index contributed by atoms with van der Waals surface area (Å²) in [6.45, 7) is 3.88. The largest absolute Gasteiger partial charge is 0.317 e. The topological polar surface area (TPSA) is 103 Å². The Kier molecular flexibility index (Phi) is 6.98. The monoisotopic (exact) mass is 511 g/mol. The summed E-state index contributed by atoms with van der Waals surface area (Å²) < 4.78 is 42.3. The van der Waals surface area contributed by atoms with Crippen molar-refractivity contribution in [1.82, 2.24) is 20.1 Å². The van der Waals surface area contributed by atoms with Crippen LogP contribution in [-0.4, -0.2) is 36.3 Å². The summed E-state index contributed by atoms with van der Waals surface area (Å²) in [6, 6.07) is 8.86. The molecule has 5 rings (SSSR count). The first kappa shape index (κ1) is 25.0. The van der Waals surface area contributed by atoms with Crippen molar-refractivity contribution in [3.8, 4) is 22.4 Å². The van der Waals surface area contributed by atoms with Gasteiger partial charge in [-0.3, -0.25) is 9.67 Å². The van der Waals surface area contributed by atoms with Crippen LogP contribution in [0, 0.1) is 11.2 Å². The van der Waals surface area contributed by atoms with Crippen molar-refractivity contribution in [1.29, 1.82) is 0 Å². The number of sulfonamides is 1. The van der Waals surface area contributed by atoms with Gasteiger partial charge in [0.25, 0.3) is 0 Å². The minimum atomic E-state index is -3.95. The van der Waals surface area contributed by atoms with Crippen LogP contribution >= 0.6 is 0 Å². The highest BCUT2D eigenvalue weighted by atomic mass is 32.2. The molecule has 1 saturated heterocycles. The second kappa shape index (κ2) is 10.0. The van der Waals surface area contributed by atoms with E-state index in [0.29, 0.717) is 22.2 Å². The lowest BCUT2D eigenvalue weighted by Gasteiger charge is -2.43.